The Kier molecular flexibility index (Phi) is 16.6. The molecule has 230 valence electrons. The Bertz CT molecular complexity index is 1130. The van der Waals surface area contributed by atoms with Crippen molar-refractivity contribution in [3.05, 3.63) is 47.5 Å². The first kappa shape index (κ1) is 33.5. The fourth-order valence-electron chi connectivity index (χ4n) is 4.46. The molecule has 0 radical (unpaired) electrons. The van der Waals surface area contributed by atoms with Gasteiger partial charge in [-0.05, 0) is 59.9 Å². The number of fused-ring (bicyclic) bond motifs is 1. The van der Waals surface area contributed by atoms with Crippen LogP contribution < -0.4 is 10.2 Å². The molecule has 1 aliphatic heterocycles. The lowest BCUT2D eigenvalue weighted by atomic mass is 10.0. The van der Waals surface area contributed by atoms with Crippen LogP contribution in [0.15, 0.2) is 42.0 Å². The first-order chi connectivity index (χ1) is 20.7. The van der Waals surface area contributed by atoms with Gasteiger partial charge in [-0.2, -0.15) is 5.26 Å². The first-order valence-corrected chi connectivity index (χ1v) is 14.8. The second-order valence-corrected chi connectivity index (χ2v) is 9.82. The van der Waals surface area contributed by atoms with Gasteiger partial charge >= 0.3 is 0 Å². The Hall–Kier alpha value is -3.04. The number of benzene rings is 2. The van der Waals surface area contributed by atoms with E-state index >= 15 is 0 Å². The van der Waals surface area contributed by atoms with Gasteiger partial charge < -0.3 is 38.6 Å². The van der Waals surface area contributed by atoms with E-state index in [0.29, 0.717) is 79.2 Å². The molecule has 2 aromatic carbocycles. The summed E-state index contributed by atoms with van der Waals surface area (Å²) in [6.07, 6.45) is 5.40. The molecule has 2 aromatic rings. The number of hydrogen-bond acceptors (Lipinski definition) is 9. The van der Waals surface area contributed by atoms with Crippen molar-refractivity contribution in [2.75, 3.05) is 104 Å². The van der Waals surface area contributed by atoms with E-state index < -0.39 is 5.91 Å². The number of carbonyl (C=O) groups is 1. The van der Waals surface area contributed by atoms with Crippen LogP contribution in [0.5, 0.6) is 0 Å². The summed E-state index contributed by atoms with van der Waals surface area (Å²) >= 11 is 0. The van der Waals surface area contributed by atoms with Gasteiger partial charge in [0.25, 0.3) is 5.91 Å². The number of hydrogen-bond donors (Lipinski definition) is 1. The summed E-state index contributed by atoms with van der Waals surface area (Å²) in [6.45, 7) is 7.82. The minimum atomic E-state index is -0.419. The Labute approximate surface area is 249 Å². The van der Waals surface area contributed by atoms with E-state index in [1.54, 1.807) is 13.2 Å². The van der Waals surface area contributed by atoms with Crippen molar-refractivity contribution in [1.82, 2.24) is 5.32 Å². The van der Waals surface area contributed by atoms with Crippen molar-refractivity contribution in [2.45, 2.75) is 19.3 Å². The number of ether oxygens (including phenoxy) is 6. The third-order valence-corrected chi connectivity index (χ3v) is 6.70. The predicted octanol–water partition coefficient (Wildman–Crippen LogP) is 3.58. The van der Waals surface area contributed by atoms with Crippen molar-refractivity contribution in [3.8, 4) is 6.07 Å². The van der Waals surface area contributed by atoms with E-state index in [1.807, 2.05) is 24.3 Å². The van der Waals surface area contributed by atoms with Crippen LogP contribution in [0.2, 0.25) is 0 Å². The van der Waals surface area contributed by atoms with Crippen LogP contribution in [0.1, 0.15) is 24.8 Å². The average Bonchev–Trinajstić information content (AvgIpc) is 3.03. The molecule has 0 aliphatic carbocycles. The number of nitrogens with zero attached hydrogens (tertiary/aromatic N) is 2. The van der Waals surface area contributed by atoms with Gasteiger partial charge in [0.2, 0.25) is 0 Å². The Morgan fingerprint density at radius 1 is 0.786 bits per heavy atom. The van der Waals surface area contributed by atoms with Gasteiger partial charge in [0.05, 0.1) is 72.7 Å². The van der Waals surface area contributed by atoms with Crippen molar-refractivity contribution in [1.29, 1.82) is 5.26 Å². The molecule has 1 saturated heterocycles. The van der Waals surface area contributed by atoms with Crippen molar-refractivity contribution in [2.24, 2.45) is 0 Å². The standard InChI is InChI=1S/C32H45N3O7/c1-37-13-14-39-17-18-41-21-22-42-20-19-40-16-15-38-12-9-34-32(36)30(26-33)24-27-5-6-29-25-31(8-7-28(29)23-27)35-10-3-2-4-11-35/h5-8,23-25H,2-4,9-22H2,1H3,(H,34,36)/b30-24-. The molecule has 42 heavy (non-hydrogen) atoms. The molecule has 0 atom stereocenters. The fraction of sp³-hybridized carbons (Fsp3) is 0.562. The summed E-state index contributed by atoms with van der Waals surface area (Å²) in [5, 5.41) is 14.5. The summed E-state index contributed by atoms with van der Waals surface area (Å²) in [5.41, 5.74) is 2.12. The van der Waals surface area contributed by atoms with Gasteiger partial charge in [0.1, 0.15) is 11.6 Å². The SMILES string of the molecule is COCCOCCOCCOCCOCCOCCNC(=O)/C(C#N)=C\c1ccc2cc(N3CCCCC3)ccc2c1. The molecule has 1 fully saturated rings. The molecule has 0 spiro atoms. The van der Waals surface area contributed by atoms with E-state index in [1.165, 1.54) is 24.9 Å². The third kappa shape index (κ3) is 12.9. The highest BCUT2D eigenvalue weighted by atomic mass is 16.6. The molecule has 0 bridgehead atoms. The summed E-state index contributed by atoms with van der Waals surface area (Å²) < 4.78 is 32.0. The second kappa shape index (κ2) is 20.8. The highest BCUT2D eigenvalue weighted by Gasteiger charge is 2.12. The van der Waals surface area contributed by atoms with Crippen molar-refractivity contribution >= 4 is 28.4 Å². The molecule has 10 heteroatoms. The van der Waals surface area contributed by atoms with Crippen LogP contribution >= 0.6 is 0 Å². The van der Waals surface area contributed by atoms with Crippen LogP contribution in [-0.4, -0.2) is 105 Å². The maximum Gasteiger partial charge on any atom is 0.262 e. The molecule has 3 rings (SSSR count). The van der Waals surface area contributed by atoms with Crippen LogP contribution in [0.25, 0.3) is 16.8 Å². The number of rotatable bonds is 21. The normalized spacial score (nSPS) is 13.8. The van der Waals surface area contributed by atoms with E-state index in [4.69, 9.17) is 28.4 Å². The van der Waals surface area contributed by atoms with E-state index in [9.17, 15) is 10.1 Å². The molecule has 0 unspecified atom stereocenters. The van der Waals surface area contributed by atoms with Crippen LogP contribution in [0, 0.1) is 11.3 Å². The molecule has 1 amide bonds. The number of amides is 1. The smallest absolute Gasteiger partial charge is 0.262 e. The summed E-state index contributed by atoms with van der Waals surface area (Å²) in [4.78, 5) is 14.9. The Morgan fingerprint density at radius 2 is 1.33 bits per heavy atom. The van der Waals surface area contributed by atoms with Crippen molar-refractivity contribution < 1.29 is 33.2 Å². The van der Waals surface area contributed by atoms with E-state index in [2.05, 4.69) is 28.4 Å². The molecule has 10 nitrogen and oxygen atoms in total. The molecular formula is C32H45N3O7. The zero-order chi connectivity index (χ0) is 29.7. The minimum Gasteiger partial charge on any atom is -0.382 e. The Balaban J connectivity index is 1.23. The van der Waals surface area contributed by atoms with E-state index in [0.717, 1.165) is 29.4 Å². The van der Waals surface area contributed by atoms with Crippen LogP contribution in [-0.2, 0) is 33.2 Å². The molecular weight excluding hydrogens is 538 g/mol. The maximum absolute atomic E-state index is 12.5. The largest absolute Gasteiger partial charge is 0.382 e. The fourth-order valence-corrected chi connectivity index (χ4v) is 4.46. The van der Waals surface area contributed by atoms with Gasteiger partial charge in [0, 0.05) is 32.4 Å². The summed E-state index contributed by atoms with van der Waals surface area (Å²) in [6, 6.07) is 14.5. The number of piperidine rings is 1. The zero-order valence-electron chi connectivity index (χ0n) is 24.8. The molecule has 1 aliphatic rings. The molecule has 1 heterocycles. The van der Waals surface area contributed by atoms with Gasteiger partial charge in [-0.1, -0.05) is 18.2 Å². The lowest BCUT2D eigenvalue weighted by Crippen LogP contribution is -2.29. The summed E-state index contributed by atoms with van der Waals surface area (Å²) in [5.74, 6) is -0.419. The van der Waals surface area contributed by atoms with E-state index in [-0.39, 0.29) is 5.57 Å². The first-order valence-electron chi connectivity index (χ1n) is 14.8. The monoisotopic (exact) mass is 583 g/mol. The lowest BCUT2D eigenvalue weighted by molar-refractivity contribution is -0.117. The molecule has 0 aromatic heterocycles. The maximum atomic E-state index is 12.5. The van der Waals surface area contributed by atoms with Crippen LogP contribution in [0.3, 0.4) is 0 Å². The number of nitriles is 1. The quantitative estimate of drug-likeness (QED) is 0.134. The topological polar surface area (TPSA) is 112 Å². The molecule has 0 saturated carbocycles. The number of carbonyl (C=O) groups excluding carboxylic acids is 1. The zero-order valence-corrected chi connectivity index (χ0v) is 24.8. The van der Waals surface area contributed by atoms with Crippen molar-refractivity contribution in [3.63, 3.8) is 0 Å². The predicted molar refractivity (Wildman–Crippen MR) is 163 cm³/mol. The Morgan fingerprint density at radius 3 is 1.93 bits per heavy atom. The van der Waals surface area contributed by atoms with Crippen LogP contribution in [0.4, 0.5) is 5.69 Å². The number of anilines is 1. The summed E-state index contributed by atoms with van der Waals surface area (Å²) in [7, 11) is 1.64. The minimum absolute atomic E-state index is 0.0587. The number of methoxy groups -OCH3 is 1. The van der Waals surface area contributed by atoms with Gasteiger partial charge in [-0.3, -0.25) is 4.79 Å². The number of nitrogens with one attached hydrogen (secondary N) is 1. The third-order valence-electron chi connectivity index (χ3n) is 6.70. The highest BCUT2D eigenvalue weighted by molar-refractivity contribution is 6.02. The second-order valence-electron chi connectivity index (χ2n) is 9.82. The highest BCUT2D eigenvalue weighted by Crippen LogP contribution is 2.26. The average molecular weight is 584 g/mol. The van der Waals surface area contributed by atoms with Gasteiger partial charge in [0.15, 0.2) is 0 Å². The van der Waals surface area contributed by atoms with Gasteiger partial charge in [-0.25, -0.2) is 0 Å². The molecule has 1 N–H and O–H groups in total. The van der Waals surface area contributed by atoms with Gasteiger partial charge in [-0.15, -0.1) is 0 Å². The lowest BCUT2D eigenvalue weighted by Gasteiger charge is -2.29.